The van der Waals surface area contributed by atoms with Gasteiger partial charge in [-0.2, -0.15) is 10.5 Å². The number of furan rings is 1. The molecule has 0 saturated heterocycles. The van der Waals surface area contributed by atoms with Gasteiger partial charge in [-0.1, -0.05) is 121 Å². The molecule has 0 saturated carbocycles. The molecule has 0 N–H and O–H groups in total. The molecule has 0 unspecified atom stereocenters. The van der Waals surface area contributed by atoms with Gasteiger partial charge in [-0.05, 0) is 106 Å². The highest BCUT2D eigenvalue weighted by Gasteiger charge is 2.41. The number of fused-ring (bicyclic) bond motifs is 10. The summed E-state index contributed by atoms with van der Waals surface area (Å²) >= 11 is 0. The number of hydrogen-bond acceptors (Lipinski definition) is 3. The topological polar surface area (TPSA) is 70.6 Å². The van der Waals surface area contributed by atoms with E-state index in [1.165, 1.54) is 20.7 Å². The number of nitriles is 2. The summed E-state index contributed by atoms with van der Waals surface area (Å²) in [6, 6.07) is 77.9. The van der Waals surface area contributed by atoms with E-state index in [0.717, 1.165) is 76.9 Å². The van der Waals surface area contributed by atoms with E-state index in [9.17, 15) is 10.5 Å². The van der Waals surface area contributed by atoms with E-state index in [1.54, 1.807) is 0 Å². The van der Waals surface area contributed by atoms with Gasteiger partial charge >= 0.3 is 0 Å². The smallest absolute Gasteiger partial charge is 0.179 e. The van der Waals surface area contributed by atoms with Crippen LogP contribution in [0.4, 0.5) is 0 Å². The molecule has 62 heavy (non-hydrogen) atoms. The van der Waals surface area contributed by atoms with E-state index in [1.807, 2.05) is 48.5 Å². The minimum absolute atomic E-state index is 0.587. The highest BCUT2D eigenvalue weighted by Crippen LogP contribution is 2.40. The third kappa shape index (κ3) is 5.12. The first-order chi connectivity index (χ1) is 30.6. The Labute approximate surface area is 357 Å². The second-order valence-electron chi connectivity index (χ2n) is 15.9. The van der Waals surface area contributed by atoms with Gasteiger partial charge in [0.2, 0.25) is 0 Å². The van der Waals surface area contributed by atoms with Crippen LogP contribution in [0.5, 0.6) is 0 Å². The van der Waals surface area contributed by atoms with Crippen LogP contribution in [0.1, 0.15) is 11.1 Å². The van der Waals surface area contributed by atoms with E-state index in [4.69, 9.17) is 4.42 Å². The molecule has 3 heterocycles. The first kappa shape index (κ1) is 35.5. The van der Waals surface area contributed by atoms with Gasteiger partial charge in [0, 0.05) is 38.3 Å². The number of aromatic nitrogens is 2. The fraction of sp³-hybridized carbons (Fsp3) is 0. The van der Waals surface area contributed by atoms with Crippen LogP contribution in [0.3, 0.4) is 0 Å². The Kier molecular flexibility index (Phi) is 7.92. The zero-order chi connectivity index (χ0) is 41.4. The van der Waals surface area contributed by atoms with Gasteiger partial charge in [-0.25, -0.2) is 0 Å². The molecule has 0 bridgehead atoms. The van der Waals surface area contributed by atoms with Gasteiger partial charge in [-0.3, -0.25) is 0 Å². The maximum atomic E-state index is 9.78. The molecule has 0 aliphatic carbocycles. The highest BCUT2D eigenvalue weighted by molar-refractivity contribution is 7.19. The van der Waals surface area contributed by atoms with Crippen molar-refractivity contribution in [1.82, 2.24) is 9.13 Å². The lowest BCUT2D eigenvalue weighted by molar-refractivity contribution is 0.673. The van der Waals surface area contributed by atoms with Gasteiger partial charge in [0.05, 0.1) is 50.7 Å². The second kappa shape index (κ2) is 13.8. The summed E-state index contributed by atoms with van der Waals surface area (Å²) in [4.78, 5) is 0. The molecular formula is C56H34N4OSi. The summed E-state index contributed by atoms with van der Waals surface area (Å²) < 4.78 is 11.2. The fourth-order valence-corrected chi connectivity index (χ4v) is 14.8. The van der Waals surface area contributed by atoms with E-state index in [0.29, 0.717) is 11.1 Å². The summed E-state index contributed by atoms with van der Waals surface area (Å²) in [5, 5.41) is 31.1. The maximum Gasteiger partial charge on any atom is 0.179 e. The number of benzene rings is 9. The summed E-state index contributed by atoms with van der Waals surface area (Å²) in [6.07, 6.45) is 0. The van der Waals surface area contributed by atoms with Gasteiger partial charge < -0.3 is 13.6 Å². The molecule has 0 amide bonds. The van der Waals surface area contributed by atoms with Gasteiger partial charge in [0.25, 0.3) is 0 Å². The normalized spacial score (nSPS) is 11.8. The van der Waals surface area contributed by atoms with Crippen LogP contribution in [0.25, 0.3) is 76.9 Å². The monoisotopic (exact) mass is 806 g/mol. The van der Waals surface area contributed by atoms with Crippen LogP contribution < -0.4 is 20.7 Å². The fourth-order valence-electron chi connectivity index (χ4n) is 10.1. The van der Waals surface area contributed by atoms with Crippen LogP contribution in [-0.4, -0.2) is 17.2 Å². The molecule has 0 radical (unpaired) electrons. The van der Waals surface area contributed by atoms with E-state index >= 15 is 0 Å². The van der Waals surface area contributed by atoms with Gasteiger partial charge in [-0.15, -0.1) is 0 Å². The molecule has 12 aromatic rings. The summed E-state index contributed by atoms with van der Waals surface area (Å²) in [5.74, 6) is 0. The van der Waals surface area contributed by atoms with Crippen molar-refractivity contribution in [1.29, 1.82) is 10.5 Å². The third-order valence-electron chi connectivity index (χ3n) is 12.7. The molecule has 0 atom stereocenters. The number of hydrogen-bond donors (Lipinski definition) is 0. The Hall–Kier alpha value is -8.42. The Morgan fingerprint density at radius 1 is 0.371 bits per heavy atom. The average Bonchev–Trinajstić information content (AvgIpc) is 4.00. The van der Waals surface area contributed by atoms with E-state index < -0.39 is 8.07 Å². The van der Waals surface area contributed by atoms with Crippen molar-refractivity contribution in [2.75, 3.05) is 0 Å². The van der Waals surface area contributed by atoms with Gasteiger partial charge in [0.1, 0.15) is 11.2 Å². The lowest BCUT2D eigenvalue weighted by atomic mass is 10.1. The van der Waals surface area contributed by atoms with E-state index in [2.05, 4.69) is 179 Å². The molecule has 12 rings (SSSR count). The quantitative estimate of drug-likeness (QED) is 0.124. The van der Waals surface area contributed by atoms with Gasteiger partial charge in [0.15, 0.2) is 8.07 Å². The Morgan fingerprint density at radius 3 is 1.39 bits per heavy atom. The molecule has 3 aromatic heterocycles. The predicted molar refractivity (Wildman–Crippen MR) is 255 cm³/mol. The Balaban J connectivity index is 1.06. The average molecular weight is 807 g/mol. The first-order valence-corrected chi connectivity index (χ1v) is 22.7. The van der Waals surface area contributed by atoms with Crippen LogP contribution in [0.2, 0.25) is 0 Å². The Bertz CT molecular complexity index is 3700. The van der Waals surface area contributed by atoms with Crippen LogP contribution in [0, 0.1) is 22.7 Å². The molecule has 6 heteroatoms. The van der Waals surface area contributed by atoms with Crippen LogP contribution in [0.15, 0.2) is 211 Å². The van der Waals surface area contributed by atoms with Crippen molar-refractivity contribution in [2.24, 2.45) is 0 Å². The minimum Gasteiger partial charge on any atom is -0.455 e. The molecule has 9 aromatic carbocycles. The molecule has 0 aliphatic heterocycles. The van der Waals surface area contributed by atoms with Crippen molar-refractivity contribution in [2.45, 2.75) is 0 Å². The molecule has 0 spiro atoms. The predicted octanol–water partition coefficient (Wildman–Crippen LogP) is 10.9. The SMILES string of the molecule is N#Cc1ccc2c(c1)c1cc(C#N)ccc1n2-c1ccc([Si](c2ccccc2)(c2ccccc2)c2ccc(-n3c4ccccc4c4c5oc6ccccc6c5ccc43)cc2)cc1. The number of rotatable bonds is 6. The summed E-state index contributed by atoms with van der Waals surface area (Å²) in [5.41, 5.74) is 9.28. The molecule has 0 fully saturated rings. The minimum atomic E-state index is -2.92. The lowest BCUT2D eigenvalue weighted by Crippen LogP contribution is -2.74. The second-order valence-corrected chi connectivity index (χ2v) is 19.7. The highest BCUT2D eigenvalue weighted by atomic mass is 28.3. The van der Waals surface area contributed by atoms with Crippen molar-refractivity contribution in [3.8, 4) is 23.5 Å². The first-order valence-electron chi connectivity index (χ1n) is 20.7. The molecule has 5 nitrogen and oxygen atoms in total. The zero-order valence-electron chi connectivity index (χ0n) is 33.3. The van der Waals surface area contributed by atoms with Crippen LogP contribution >= 0.6 is 0 Å². The zero-order valence-corrected chi connectivity index (χ0v) is 34.3. The van der Waals surface area contributed by atoms with Crippen molar-refractivity contribution in [3.63, 3.8) is 0 Å². The lowest BCUT2D eigenvalue weighted by Gasteiger charge is -2.34. The number of nitrogens with zero attached hydrogens (tertiary/aromatic N) is 4. The standard InChI is InChI=1S/C56H34N4OSi/c57-35-37-19-30-51-48(33-37)49-34-38(36-58)20-31-52(49)59(51)39-21-25-43(26-22-39)62(41-11-3-1-4-12-41,42-13-5-2-6-14-42)44-27-23-40(24-28-44)60-50-17-9-7-16-47(50)55-53(60)32-29-46-45-15-8-10-18-54(45)61-56(46)55/h1-34H. The summed E-state index contributed by atoms with van der Waals surface area (Å²) in [6.45, 7) is 0. The molecule has 288 valence electrons. The number of para-hydroxylation sites is 2. The molecule has 0 aliphatic rings. The largest absolute Gasteiger partial charge is 0.455 e. The molecular weight excluding hydrogens is 773 g/mol. The van der Waals surface area contributed by atoms with Crippen molar-refractivity contribution in [3.05, 3.63) is 217 Å². The van der Waals surface area contributed by atoms with E-state index in [-0.39, 0.29) is 0 Å². The third-order valence-corrected chi connectivity index (χ3v) is 17.5. The maximum absolute atomic E-state index is 9.78. The van der Waals surface area contributed by atoms with Crippen molar-refractivity contribution >= 4 is 94.4 Å². The summed E-state index contributed by atoms with van der Waals surface area (Å²) in [7, 11) is -2.92. The van der Waals surface area contributed by atoms with Crippen molar-refractivity contribution < 1.29 is 4.42 Å². The Morgan fingerprint density at radius 2 is 0.823 bits per heavy atom. The van der Waals surface area contributed by atoms with Crippen LogP contribution in [-0.2, 0) is 0 Å².